The summed E-state index contributed by atoms with van der Waals surface area (Å²) in [5, 5.41) is 6.31. The Bertz CT molecular complexity index is 1140. The second-order valence-corrected chi connectivity index (χ2v) is 11.7. The summed E-state index contributed by atoms with van der Waals surface area (Å²) >= 11 is 7.69. The number of hydrogen-bond acceptors (Lipinski definition) is 6. The highest BCUT2D eigenvalue weighted by Gasteiger charge is 2.29. The molecule has 1 aromatic heterocycles. The number of amides is 4. The molecule has 1 aromatic carbocycles. The molecule has 0 radical (unpaired) electrons. The number of likely N-dealkylation sites (N-methyl/N-ethyl adjacent to an activating group) is 1. The van der Waals surface area contributed by atoms with Crippen molar-refractivity contribution in [1.29, 1.82) is 0 Å². The van der Waals surface area contributed by atoms with Crippen molar-refractivity contribution in [2.24, 2.45) is 0 Å². The Labute approximate surface area is 227 Å². The minimum absolute atomic E-state index is 0.0470. The molecule has 1 saturated heterocycles. The lowest BCUT2D eigenvalue weighted by Crippen LogP contribution is -2.39. The number of ether oxygens (including phenoxy) is 1. The van der Waals surface area contributed by atoms with Gasteiger partial charge in [0.1, 0.15) is 15.8 Å². The van der Waals surface area contributed by atoms with Crippen LogP contribution in [0.3, 0.4) is 0 Å². The average Bonchev–Trinajstić information content (AvgIpc) is 3.16. The zero-order valence-corrected chi connectivity index (χ0v) is 23.9. The largest absolute Gasteiger partial charge is 0.495 e. The van der Waals surface area contributed by atoms with Crippen LogP contribution in [0.4, 0.5) is 15.5 Å². The minimum Gasteiger partial charge on any atom is -0.495 e. The highest BCUT2D eigenvalue weighted by Crippen LogP contribution is 2.37. The Hall–Kier alpha value is -2.82. The Kier molecular flexibility index (Phi) is 9.44. The summed E-state index contributed by atoms with van der Waals surface area (Å²) in [7, 11) is 5.43. The number of nitrogens with zero attached hydrogens (tertiary/aromatic N) is 3. The zero-order valence-electron chi connectivity index (χ0n) is 22.3. The molecule has 1 fully saturated rings. The van der Waals surface area contributed by atoms with Crippen LogP contribution in [-0.4, -0.2) is 86.5 Å². The maximum atomic E-state index is 13.7. The predicted molar refractivity (Wildman–Crippen MR) is 149 cm³/mol. The van der Waals surface area contributed by atoms with Gasteiger partial charge >= 0.3 is 6.03 Å². The van der Waals surface area contributed by atoms with E-state index >= 15 is 0 Å². The topological polar surface area (TPSA) is 94.2 Å². The predicted octanol–water partition coefficient (Wildman–Crippen LogP) is 4.59. The van der Waals surface area contributed by atoms with Crippen molar-refractivity contribution in [3.05, 3.63) is 39.7 Å². The molecule has 4 amide bonds. The Morgan fingerprint density at radius 2 is 1.89 bits per heavy atom. The molecule has 2 N–H and O–H groups in total. The molecular formula is C26H36ClN5O4S. The first-order valence-corrected chi connectivity index (χ1v) is 13.4. The fourth-order valence-corrected chi connectivity index (χ4v) is 5.18. The van der Waals surface area contributed by atoms with Crippen LogP contribution < -0.4 is 15.4 Å². The number of methoxy groups -OCH3 is 1. The van der Waals surface area contributed by atoms with Gasteiger partial charge in [0.05, 0.1) is 18.4 Å². The molecule has 1 aliphatic heterocycles. The number of hydrogen-bond donors (Lipinski definition) is 2. The normalized spacial score (nSPS) is 14.5. The van der Waals surface area contributed by atoms with Crippen LogP contribution in [0.2, 0.25) is 5.02 Å². The molecular weight excluding hydrogens is 514 g/mol. The molecule has 1 aliphatic rings. The summed E-state index contributed by atoms with van der Waals surface area (Å²) in [6, 6.07) is 6.41. The van der Waals surface area contributed by atoms with Gasteiger partial charge in [0.2, 0.25) is 5.91 Å². The number of urea groups is 1. The molecule has 0 saturated carbocycles. The number of anilines is 2. The van der Waals surface area contributed by atoms with E-state index in [0.717, 1.165) is 11.4 Å². The van der Waals surface area contributed by atoms with Crippen LogP contribution in [-0.2, 0) is 10.2 Å². The molecule has 11 heteroatoms. The third kappa shape index (κ3) is 7.37. The van der Waals surface area contributed by atoms with Gasteiger partial charge in [0, 0.05) is 44.0 Å². The zero-order chi connectivity index (χ0) is 27.3. The number of rotatable bonds is 7. The second-order valence-electron chi connectivity index (χ2n) is 10.2. The van der Waals surface area contributed by atoms with Gasteiger partial charge in [-0.15, -0.1) is 11.3 Å². The molecule has 3 rings (SSSR count). The summed E-state index contributed by atoms with van der Waals surface area (Å²) in [5.41, 5.74) is 0.586. The highest BCUT2D eigenvalue weighted by molar-refractivity contribution is 7.16. The number of halogens is 1. The van der Waals surface area contributed by atoms with Crippen LogP contribution in [0.5, 0.6) is 5.75 Å². The van der Waals surface area contributed by atoms with Gasteiger partial charge in [-0.1, -0.05) is 38.4 Å². The Morgan fingerprint density at radius 1 is 1.16 bits per heavy atom. The average molecular weight is 550 g/mol. The number of carbonyl (C=O) groups excluding carboxylic acids is 3. The first-order chi connectivity index (χ1) is 17.4. The van der Waals surface area contributed by atoms with Crippen molar-refractivity contribution < 1.29 is 19.1 Å². The standard InChI is InChI=1S/C26H36ClN5O4S/c1-26(2,3)20-16-17(24(34)32-11-10-21(33)31(14-15-32)13-12-30(4)5)23(37-20)29-25(35)28-18-8-7-9-19(36-6)22(18)27/h7-9,16H,10-15H2,1-6H3,(H2,28,29,35). The second kappa shape index (κ2) is 12.1. The quantitative estimate of drug-likeness (QED) is 0.527. The molecule has 0 unspecified atom stereocenters. The van der Waals surface area contributed by atoms with Gasteiger partial charge < -0.3 is 24.8 Å². The molecule has 37 heavy (non-hydrogen) atoms. The van der Waals surface area contributed by atoms with E-state index in [1.807, 2.05) is 30.0 Å². The van der Waals surface area contributed by atoms with E-state index in [1.54, 1.807) is 23.1 Å². The molecule has 2 heterocycles. The fraction of sp³-hybridized carbons (Fsp3) is 0.500. The van der Waals surface area contributed by atoms with Crippen molar-refractivity contribution in [2.75, 3.05) is 64.6 Å². The maximum absolute atomic E-state index is 13.7. The molecule has 9 nitrogen and oxygen atoms in total. The van der Waals surface area contributed by atoms with E-state index in [0.29, 0.717) is 48.2 Å². The van der Waals surface area contributed by atoms with E-state index < -0.39 is 6.03 Å². The Morgan fingerprint density at radius 3 is 2.54 bits per heavy atom. The van der Waals surface area contributed by atoms with Gasteiger partial charge in [-0.05, 0) is 37.7 Å². The number of carbonyl (C=O) groups is 3. The van der Waals surface area contributed by atoms with Crippen molar-refractivity contribution in [3.63, 3.8) is 0 Å². The lowest BCUT2D eigenvalue weighted by atomic mass is 9.94. The minimum atomic E-state index is -0.521. The van der Waals surface area contributed by atoms with E-state index in [1.165, 1.54) is 18.4 Å². The molecule has 0 aliphatic carbocycles. The summed E-state index contributed by atoms with van der Waals surface area (Å²) in [6.45, 7) is 8.80. The van der Waals surface area contributed by atoms with Crippen molar-refractivity contribution >= 4 is 51.5 Å². The maximum Gasteiger partial charge on any atom is 0.324 e. The van der Waals surface area contributed by atoms with E-state index in [-0.39, 0.29) is 28.7 Å². The molecule has 0 bridgehead atoms. The van der Waals surface area contributed by atoms with Gasteiger partial charge in [0.15, 0.2) is 0 Å². The summed E-state index contributed by atoms with van der Waals surface area (Å²) in [6.07, 6.45) is 0.271. The van der Waals surface area contributed by atoms with Crippen molar-refractivity contribution in [2.45, 2.75) is 32.6 Å². The fourth-order valence-electron chi connectivity index (χ4n) is 3.83. The van der Waals surface area contributed by atoms with Crippen LogP contribution in [0, 0.1) is 0 Å². The van der Waals surface area contributed by atoms with E-state index in [9.17, 15) is 14.4 Å². The lowest BCUT2D eigenvalue weighted by Gasteiger charge is -2.23. The lowest BCUT2D eigenvalue weighted by molar-refractivity contribution is -0.130. The van der Waals surface area contributed by atoms with Crippen LogP contribution in [0.1, 0.15) is 42.4 Å². The van der Waals surface area contributed by atoms with Gasteiger partial charge in [-0.2, -0.15) is 0 Å². The first kappa shape index (κ1) is 28.7. The third-order valence-corrected chi connectivity index (χ3v) is 7.92. The van der Waals surface area contributed by atoms with Crippen LogP contribution in [0.15, 0.2) is 24.3 Å². The smallest absolute Gasteiger partial charge is 0.324 e. The monoisotopic (exact) mass is 549 g/mol. The molecule has 0 spiro atoms. The van der Waals surface area contributed by atoms with Gasteiger partial charge in [0.25, 0.3) is 5.91 Å². The SMILES string of the molecule is COc1cccc(NC(=O)Nc2sc(C(C)(C)C)cc2C(=O)N2CCC(=O)N(CCN(C)C)CC2)c1Cl. The highest BCUT2D eigenvalue weighted by atomic mass is 35.5. The number of benzene rings is 1. The summed E-state index contributed by atoms with van der Waals surface area (Å²) in [5.74, 6) is 0.284. The van der Waals surface area contributed by atoms with Crippen molar-refractivity contribution in [3.8, 4) is 5.75 Å². The van der Waals surface area contributed by atoms with Gasteiger partial charge in [-0.3, -0.25) is 14.9 Å². The molecule has 202 valence electrons. The number of nitrogens with one attached hydrogen (secondary N) is 2. The van der Waals surface area contributed by atoms with E-state index in [4.69, 9.17) is 16.3 Å². The van der Waals surface area contributed by atoms with Crippen LogP contribution in [0.25, 0.3) is 0 Å². The van der Waals surface area contributed by atoms with Gasteiger partial charge in [-0.25, -0.2) is 4.79 Å². The van der Waals surface area contributed by atoms with Crippen LogP contribution >= 0.6 is 22.9 Å². The third-order valence-electron chi connectivity index (χ3n) is 6.05. The summed E-state index contributed by atoms with van der Waals surface area (Å²) < 4.78 is 5.21. The summed E-state index contributed by atoms with van der Waals surface area (Å²) in [4.78, 5) is 45.7. The van der Waals surface area contributed by atoms with E-state index in [2.05, 4.69) is 31.4 Å². The van der Waals surface area contributed by atoms with Crippen molar-refractivity contribution in [1.82, 2.24) is 14.7 Å². The Balaban J connectivity index is 1.80. The molecule has 0 atom stereocenters. The number of thiophene rings is 1. The first-order valence-electron chi connectivity index (χ1n) is 12.2. The molecule has 2 aromatic rings.